The standard InChI is InChI=1S/C15H14ClNO2/c1-19-12-7-4-11(5-8-12)6-9-14(18)15-13(16)3-2-10-17-15/h2-5,7-8,10H,6,9H2,1H3. The van der Waals surface area contributed by atoms with Gasteiger partial charge in [0, 0.05) is 12.6 Å². The van der Waals surface area contributed by atoms with Crippen LogP contribution in [-0.4, -0.2) is 17.9 Å². The Bertz CT molecular complexity index is 567. The smallest absolute Gasteiger partial charge is 0.183 e. The van der Waals surface area contributed by atoms with E-state index in [0.717, 1.165) is 11.3 Å². The quantitative estimate of drug-likeness (QED) is 0.783. The minimum Gasteiger partial charge on any atom is -0.497 e. The first-order chi connectivity index (χ1) is 9.20. The summed E-state index contributed by atoms with van der Waals surface area (Å²) in [5, 5.41) is 0.405. The van der Waals surface area contributed by atoms with Crippen LogP contribution in [0.1, 0.15) is 22.5 Å². The zero-order valence-electron chi connectivity index (χ0n) is 10.6. The fraction of sp³-hybridized carbons (Fsp3) is 0.200. The molecule has 1 aromatic heterocycles. The molecule has 1 heterocycles. The van der Waals surface area contributed by atoms with Crippen molar-refractivity contribution in [3.8, 4) is 5.75 Å². The number of carbonyl (C=O) groups is 1. The van der Waals surface area contributed by atoms with Crippen LogP contribution in [0, 0.1) is 0 Å². The molecule has 0 bridgehead atoms. The lowest BCUT2D eigenvalue weighted by Gasteiger charge is -2.04. The van der Waals surface area contributed by atoms with Crippen LogP contribution in [0.4, 0.5) is 0 Å². The van der Waals surface area contributed by atoms with E-state index in [0.29, 0.717) is 23.6 Å². The number of nitrogens with zero attached hydrogens (tertiary/aromatic N) is 1. The third-order valence-electron chi connectivity index (χ3n) is 2.82. The number of halogens is 1. The molecule has 4 heteroatoms. The molecule has 2 rings (SSSR count). The Morgan fingerprint density at radius 2 is 2.00 bits per heavy atom. The molecule has 0 radical (unpaired) electrons. The number of ketones is 1. The van der Waals surface area contributed by atoms with Crippen molar-refractivity contribution >= 4 is 17.4 Å². The average molecular weight is 276 g/mol. The normalized spacial score (nSPS) is 10.2. The van der Waals surface area contributed by atoms with Gasteiger partial charge in [0.2, 0.25) is 0 Å². The molecule has 0 aliphatic carbocycles. The van der Waals surface area contributed by atoms with Crippen molar-refractivity contribution in [3.63, 3.8) is 0 Å². The van der Waals surface area contributed by atoms with E-state index in [1.54, 1.807) is 25.4 Å². The molecule has 3 nitrogen and oxygen atoms in total. The van der Waals surface area contributed by atoms with E-state index in [1.807, 2.05) is 24.3 Å². The molecule has 0 saturated heterocycles. The highest BCUT2D eigenvalue weighted by atomic mass is 35.5. The number of benzene rings is 1. The summed E-state index contributed by atoms with van der Waals surface area (Å²) in [4.78, 5) is 16.0. The number of carbonyl (C=O) groups excluding carboxylic acids is 1. The second-order valence-electron chi connectivity index (χ2n) is 4.11. The maximum atomic E-state index is 12.0. The van der Waals surface area contributed by atoms with Crippen molar-refractivity contribution in [1.82, 2.24) is 4.98 Å². The fourth-order valence-electron chi connectivity index (χ4n) is 1.76. The van der Waals surface area contributed by atoms with Crippen molar-refractivity contribution in [2.75, 3.05) is 7.11 Å². The number of ether oxygens (including phenoxy) is 1. The summed E-state index contributed by atoms with van der Waals surface area (Å²) in [6.07, 6.45) is 2.63. The van der Waals surface area contributed by atoms with E-state index in [9.17, 15) is 4.79 Å². The van der Waals surface area contributed by atoms with Gasteiger partial charge in [-0.05, 0) is 36.2 Å². The molecule has 0 saturated carbocycles. The summed E-state index contributed by atoms with van der Waals surface area (Å²) < 4.78 is 5.09. The summed E-state index contributed by atoms with van der Waals surface area (Å²) in [5.74, 6) is 0.768. The lowest BCUT2D eigenvalue weighted by molar-refractivity contribution is 0.0978. The first-order valence-electron chi connectivity index (χ1n) is 5.97. The van der Waals surface area contributed by atoms with Crippen molar-refractivity contribution in [2.45, 2.75) is 12.8 Å². The number of hydrogen-bond acceptors (Lipinski definition) is 3. The average Bonchev–Trinajstić information content (AvgIpc) is 2.46. The molecule has 19 heavy (non-hydrogen) atoms. The number of Topliss-reactive ketones (excluding diaryl/α,β-unsaturated/α-hetero) is 1. The van der Waals surface area contributed by atoms with Crippen LogP contribution in [0.2, 0.25) is 5.02 Å². The van der Waals surface area contributed by atoms with E-state index in [2.05, 4.69) is 4.98 Å². The van der Waals surface area contributed by atoms with Crippen molar-refractivity contribution in [2.24, 2.45) is 0 Å². The van der Waals surface area contributed by atoms with E-state index >= 15 is 0 Å². The summed E-state index contributed by atoms with van der Waals surface area (Å²) in [5.41, 5.74) is 1.43. The Kier molecular flexibility index (Phi) is 4.53. The topological polar surface area (TPSA) is 39.2 Å². The Morgan fingerprint density at radius 1 is 1.26 bits per heavy atom. The van der Waals surface area contributed by atoms with Crippen LogP contribution in [-0.2, 0) is 6.42 Å². The van der Waals surface area contributed by atoms with Crippen LogP contribution >= 0.6 is 11.6 Å². The van der Waals surface area contributed by atoms with Gasteiger partial charge in [0.05, 0.1) is 12.1 Å². The maximum absolute atomic E-state index is 12.0. The summed E-state index contributed by atoms with van der Waals surface area (Å²) in [6, 6.07) is 11.1. The first kappa shape index (κ1) is 13.6. The Hall–Kier alpha value is -1.87. The van der Waals surface area contributed by atoms with Crippen LogP contribution < -0.4 is 4.74 Å². The second kappa shape index (κ2) is 6.34. The number of rotatable bonds is 5. The lowest BCUT2D eigenvalue weighted by atomic mass is 10.1. The summed E-state index contributed by atoms with van der Waals surface area (Å²) in [6.45, 7) is 0. The first-order valence-corrected chi connectivity index (χ1v) is 6.35. The van der Waals surface area contributed by atoms with Gasteiger partial charge in [0.1, 0.15) is 11.4 Å². The molecule has 1 aromatic carbocycles. The zero-order chi connectivity index (χ0) is 13.7. The van der Waals surface area contributed by atoms with Gasteiger partial charge >= 0.3 is 0 Å². The molecule has 0 amide bonds. The van der Waals surface area contributed by atoms with Gasteiger partial charge in [-0.3, -0.25) is 9.78 Å². The SMILES string of the molecule is COc1ccc(CCC(=O)c2ncccc2Cl)cc1. The Labute approximate surface area is 117 Å². The second-order valence-corrected chi connectivity index (χ2v) is 4.51. The van der Waals surface area contributed by atoms with Gasteiger partial charge < -0.3 is 4.74 Å². The minimum atomic E-state index is -0.0404. The summed E-state index contributed by atoms with van der Waals surface area (Å²) >= 11 is 5.94. The predicted octanol–water partition coefficient (Wildman–Crippen LogP) is 3.56. The molecule has 0 N–H and O–H groups in total. The fourth-order valence-corrected chi connectivity index (χ4v) is 1.99. The van der Waals surface area contributed by atoms with E-state index in [-0.39, 0.29) is 5.78 Å². The Morgan fingerprint density at radius 3 is 2.63 bits per heavy atom. The molecular formula is C15H14ClNO2. The molecular weight excluding hydrogens is 262 g/mol. The van der Waals surface area contributed by atoms with Gasteiger partial charge in [-0.15, -0.1) is 0 Å². The largest absolute Gasteiger partial charge is 0.497 e. The maximum Gasteiger partial charge on any atom is 0.183 e. The third-order valence-corrected chi connectivity index (χ3v) is 3.13. The molecule has 0 aliphatic heterocycles. The van der Waals surface area contributed by atoms with Gasteiger partial charge in [-0.1, -0.05) is 23.7 Å². The molecule has 0 atom stereocenters. The molecule has 0 fully saturated rings. The zero-order valence-corrected chi connectivity index (χ0v) is 11.4. The molecule has 2 aromatic rings. The van der Waals surface area contributed by atoms with Crippen molar-refractivity contribution < 1.29 is 9.53 Å². The van der Waals surface area contributed by atoms with Gasteiger partial charge in [0.15, 0.2) is 5.78 Å². The Balaban J connectivity index is 1.98. The van der Waals surface area contributed by atoms with E-state index < -0.39 is 0 Å². The van der Waals surface area contributed by atoms with Crippen molar-refractivity contribution in [1.29, 1.82) is 0 Å². The highest BCUT2D eigenvalue weighted by Crippen LogP contribution is 2.17. The van der Waals surface area contributed by atoms with E-state index in [1.165, 1.54) is 0 Å². The van der Waals surface area contributed by atoms with E-state index in [4.69, 9.17) is 16.3 Å². The number of methoxy groups -OCH3 is 1. The van der Waals surface area contributed by atoms with Crippen LogP contribution in [0.3, 0.4) is 0 Å². The summed E-state index contributed by atoms with van der Waals surface area (Å²) in [7, 11) is 1.63. The highest BCUT2D eigenvalue weighted by Gasteiger charge is 2.11. The monoisotopic (exact) mass is 275 g/mol. The van der Waals surface area contributed by atoms with Gasteiger partial charge in [-0.25, -0.2) is 0 Å². The molecule has 98 valence electrons. The predicted molar refractivity (Wildman–Crippen MR) is 74.9 cm³/mol. The number of hydrogen-bond donors (Lipinski definition) is 0. The van der Waals surface area contributed by atoms with Crippen molar-refractivity contribution in [3.05, 3.63) is 58.9 Å². The number of pyridine rings is 1. The van der Waals surface area contributed by atoms with Crippen LogP contribution in [0.15, 0.2) is 42.6 Å². The van der Waals surface area contributed by atoms with Crippen LogP contribution in [0.5, 0.6) is 5.75 Å². The third kappa shape index (κ3) is 3.55. The van der Waals surface area contributed by atoms with Crippen LogP contribution in [0.25, 0.3) is 0 Å². The van der Waals surface area contributed by atoms with Gasteiger partial charge in [0.25, 0.3) is 0 Å². The van der Waals surface area contributed by atoms with Gasteiger partial charge in [-0.2, -0.15) is 0 Å². The minimum absolute atomic E-state index is 0.0404. The molecule has 0 unspecified atom stereocenters. The molecule has 0 aliphatic rings. The lowest BCUT2D eigenvalue weighted by Crippen LogP contribution is -2.04. The molecule has 0 spiro atoms. The number of aromatic nitrogens is 1. The highest BCUT2D eigenvalue weighted by molar-refractivity contribution is 6.33. The number of aryl methyl sites for hydroxylation is 1.